The fourth-order valence-electron chi connectivity index (χ4n) is 2.31. The van der Waals surface area contributed by atoms with Crippen LogP contribution in [0.5, 0.6) is 0 Å². The number of benzene rings is 1. The molecular formula is C14H17FN2O4. The van der Waals surface area contributed by atoms with Gasteiger partial charge in [0.15, 0.2) is 0 Å². The lowest BCUT2D eigenvalue weighted by Gasteiger charge is -2.23. The summed E-state index contributed by atoms with van der Waals surface area (Å²) in [6.45, 7) is 2.90. The Morgan fingerprint density at radius 3 is 2.71 bits per heavy atom. The summed E-state index contributed by atoms with van der Waals surface area (Å²) in [4.78, 5) is 22.4. The van der Waals surface area contributed by atoms with Gasteiger partial charge in [-0.3, -0.25) is 14.9 Å². The zero-order chi connectivity index (χ0) is 15.8. The first kappa shape index (κ1) is 15.4. The average Bonchev–Trinajstić information content (AvgIpc) is 3.23. The van der Waals surface area contributed by atoms with E-state index in [-0.39, 0.29) is 23.6 Å². The highest BCUT2D eigenvalue weighted by Crippen LogP contribution is 2.39. The lowest BCUT2D eigenvalue weighted by Crippen LogP contribution is -2.42. The van der Waals surface area contributed by atoms with E-state index in [4.69, 9.17) is 0 Å². The maximum Gasteiger partial charge on any atom is 0.282 e. The van der Waals surface area contributed by atoms with E-state index >= 15 is 0 Å². The molecule has 1 aromatic carbocycles. The fraction of sp³-hybridized carbons (Fsp3) is 0.500. The van der Waals surface area contributed by atoms with Crippen molar-refractivity contribution in [3.8, 4) is 0 Å². The van der Waals surface area contributed by atoms with Gasteiger partial charge in [-0.25, -0.2) is 4.39 Å². The van der Waals surface area contributed by atoms with Gasteiger partial charge in [0, 0.05) is 18.2 Å². The molecule has 1 amide bonds. The lowest BCUT2D eigenvalue weighted by atomic mass is 10.00. The minimum Gasteiger partial charge on any atom is -0.388 e. The summed E-state index contributed by atoms with van der Waals surface area (Å²) in [5.74, 6) is -1.30. The molecule has 1 atom stereocenters. The van der Waals surface area contributed by atoms with Crippen LogP contribution in [0.4, 0.5) is 10.1 Å². The summed E-state index contributed by atoms with van der Waals surface area (Å²) in [5.41, 5.74) is -1.87. The fourth-order valence-corrected chi connectivity index (χ4v) is 2.31. The van der Waals surface area contributed by atoms with Crippen LogP contribution in [-0.2, 0) is 0 Å². The highest BCUT2D eigenvalue weighted by atomic mass is 19.1. The number of rotatable bonds is 5. The second-order valence-electron chi connectivity index (χ2n) is 5.64. The molecule has 0 saturated heterocycles. The van der Waals surface area contributed by atoms with E-state index in [1.54, 1.807) is 6.92 Å². The lowest BCUT2D eigenvalue weighted by molar-refractivity contribution is -0.385. The quantitative estimate of drug-likeness (QED) is 0.641. The molecule has 0 radical (unpaired) electrons. The van der Waals surface area contributed by atoms with Crippen molar-refractivity contribution in [1.82, 2.24) is 5.32 Å². The number of nitrogens with one attached hydrogen (secondary N) is 1. The van der Waals surface area contributed by atoms with Gasteiger partial charge < -0.3 is 10.4 Å². The van der Waals surface area contributed by atoms with Gasteiger partial charge in [-0.05, 0) is 38.7 Å². The number of carbonyl (C=O) groups is 1. The molecule has 0 spiro atoms. The van der Waals surface area contributed by atoms with Gasteiger partial charge >= 0.3 is 0 Å². The molecule has 1 unspecified atom stereocenters. The third-order valence-electron chi connectivity index (χ3n) is 3.86. The highest BCUT2D eigenvalue weighted by Gasteiger charge is 2.40. The first-order valence-electron chi connectivity index (χ1n) is 6.68. The molecule has 2 N–H and O–H groups in total. The van der Waals surface area contributed by atoms with E-state index in [0.717, 1.165) is 25.0 Å². The molecule has 1 aliphatic carbocycles. The number of nitro groups is 1. The Kier molecular flexibility index (Phi) is 3.95. The summed E-state index contributed by atoms with van der Waals surface area (Å²) >= 11 is 0. The van der Waals surface area contributed by atoms with Gasteiger partial charge in [0.2, 0.25) is 0 Å². The normalized spacial score (nSPS) is 17.1. The average molecular weight is 296 g/mol. The number of halogens is 1. The number of hydrogen-bond donors (Lipinski definition) is 2. The molecule has 0 aliphatic heterocycles. The van der Waals surface area contributed by atoms with Crippen molar-refractivity contribution in [2.24, 2.45) is 5.92 Å². The predicted octanol–water partition coefficient (Wildman–Crippen LogP) is 1.93. The predicted molar refractivity (Wildman–Crippen MR) is 73.5 cm³/mol. The van der Waals surface area contributed by atoms with Crippen LogP contribution in [0.2, 0.25) is 0 Å². The van der Waals surface area contributed by atoms with Crippen molar-refractivity contribution in [1.29, 1.82) is 0 Å². The van der Waals surface area contributed by atoms with Gasteiger partial charge in [-0.15, -0.1) is 0 Å². The van der Waals surface area contributed by atoms with Crippen LogP contribution in [0.25, 0.3) is 0 Å². The second kappa shape index (κ2) is 5.40. The topological polar surface area (TPSA) is 92.5 Å². The van der Waals surface area contributed by atoms with Crippen LogP contribution in [0.15, 0.2) is 12.1 Å². The summed E-state index contributed by atoms with van der Waals surface area (Å²) in [6.07, 6.45) is 1.78. The molecular weight excluding hydrogens is 279 g/mol. The third-order valence-corrected chi connectivity index (χ3v) is 3.86. The maximum absolute atomic E-state index is 13.5. The second-order valence-corrected chi connectivity index (χ2v) is 5.64. The molecule has 114 valence electrons. The molecule has 1 saturated carbocycles. The Balaban J connectivity index is 2.22. The van der Waals surface area contributed by atoms with Crippen molar-refractivity contribution in [3.05, 3.63) is 39.2 Å². The Labute approximate surface area is 121 Å². The van der Waals surface area contributed by atoms with E-state index in [2.05, 4.69) is 5.32 Å². The number of carbonyl (C=O) groups excluding carboxylic acids is 1. The standard InChI is InChI=1S/C14H17FN2O4/c1-8-10(15)5-6-11(17(20)21)12(8)13(18)16-7-14(2,19)9-3-4-9/h5-6,9,19H,3-4,7H2,1-2H3,(H,16,18). The van der Waals surface area contributed by atoms with Crippen molar-refractivity contribution in [2.45, 2.75) is 32.3 Å². The van der Waals surface area contributed by atoms with E-state index in [1.807, 2.05) is 0 Å². The number of nitro benzene ring substituents is 1. The number of aliphatic hydroxyl groups is 1. The van der Waals surface area contributed by atoms with Gasteiger partial charge in [0.1, 0.15) is 11.4 Å². The van der Waals surface area contributed by atoms with Gasteiger partial charge in [-0.2, -0.15) is 0 Å². The molecule has 0 heterocycles. The van der Waals surface area contributed by atoms with E-state index in [9.17, 15) is 24.4 Å². The van der Waals surface area contributed by atoms with Crippen LogP contribution in [-0.4, -0.2) is 28.1 Å². The van der Waals surface area contributed by atoms with Crippen molar-refractivity contribution < 1.29 is 19.2 Å². The van der Waals surface area contributed by atoms with E-state index in [1.165, 1.54) is 6.92 Å². The van der Waals surface area contributed by atoms with Crippen LogP contribution >= 0.6 is 0 Å². The van der Waals surface area contributed by atoms with Crippen molar-refractivity contribution in [2.75, 3.05) is 6.54 Å². The van der Waals surface area contributed by atoms with Gasteiger partial charge in [-0.1, -0.05) is 0 Å². The SMILES string of the molecule is Cc1c(F)ccc([N+](=O)[O-])c1C(=O)NCC(C)(O)C1CC1. The smallest absolute Gasteiger partial charge is 0.282 e. The molecule has 21 heavy (non-hydrogen) atoms. The number of hydrogen-bond acceptors (Lipinski definition) is 4. The van der Waals surface area contributed by atoms with Crippen molar-refractivity contribution in [3.63, 3.8) is 0 Å². The first-order valence-corrected chi connectivity index (χ1v) is 6.68. The molecule has 2 rings (SSSR count). The Morgan fingerprint density at radius 2 is 2.19 bits per heavy atom. The molecule has 7 heteroatoms. The molecule has 1 aliphatic rings. The van der Waals surface area contributed by atoms with Crippen LogP contribution in [0.3, 0.4) is 0 Å². The van der Waals surface area contributed by atoms with E-state index < -0.39 is 27.9 Å². The van der Waals surface area contributed by atoms with Gasteiger partial charge in [0.25, 0.3) is 11.6 Å². The molecule has 1 fully saturated rings. The minimum atomic E-state index is -1.05. The van der Waals surface area contributed by atoms with Gasteiger partial charge in [0.05, 0.1) is 10.5 Å². The van der Waals surface area contributed by atoms with Crippen LogP contribution in [0, 0.1) is 28.8 Å². The zero-order valence-corrected chi connectivity index (χ0v) is 11.9. The number of nitrogens with zero attached hydrogens (tertiary/aromatic N) is 1. The molecule has 1 aromatic rings. The molecule has 0 bridgehead atoms. The third kappa shape index (κ3) is 3.18. The molecule has 6 nitrogen and oxygen atoms in total. The Morgan fingerprint density at radius 1 is 1.57 bits per heavy atom. The largest absolute Gasteiger partial charge is 0.388 e. The van der Waals surface area contributed by atoms with Crippen LogP contribution in [0.1, 0.15) is 35.7 Å². The monoisotopic (exact) mass is 296 g/mol. The summed E-state index contributed by atoms with van der Waals surface area (Å²) in [6, 6.07) is 1.93. The summed E-state index contributed by atoms with van der Waals surface area (Å²) < 4.78 is 13.5. The first-order chi connectivity index (χ1) is 9.74. The summed E-state index contributed by atoms with van der Waals surface area (Å²) in [5, 5.41) is 23.6. The molecule has 0 aromatic heterocycles. The Hall–Kier alpha value is -2.02. The summed E-state index contributed by atoms with van der Waals surface area (Å²) in [7, 11) is 0. The van der Waals surface area contributed by atoms with Crippen LogP contribution < -0.4 is 5.32 Å². The maximum atomic E-state index is 13.5. The minimum absolute atomic E-state index is 0.0242. The zero-order valence-electron chi connectivity index (χ0n) is 11.9. The number of amides is 1. The van der Waals surface area contributed by atoms with Crippen molar-refractivity contribution >= 4 is 11.6 Å². The highest BCUT2D eigenvalue weighted by molar-refractivity contribution is 5.99. The van der Waals surface area contributed by atoms with E-state index in [0.29, 0.717) is 0 Å². The Bertz CT molecular complexity index is 597.